The minimum Gasteiger partial charge on any atom is -0.573 e. The van der Waals surface area contributed by atoms with Gasteiger partial charge in [-0.25, -0.2) is 0 Å². The summed E-state index contributed by atoms with van der Waals surface area (Å²) < 4.78 is 0. The standard InChI is InChI=1S/C25H27N5.C22H25N5.C21H27N5.C18H19N5.4C9H13N.4Pt/c1-24(2,3)20-14-19(27-28-20)21-16-10-7-6-9-15(16)13-18(26-21)22-17-11-8-12-25(4,5)23(17)30-29-22;1-6-14-12(2)18(25-24-14)15-8-7-9-16(23-15)19-17-13-10-11-22(5,21(13,3)4)20(17)27-26-19;1-7-15-14(6)20(25-23-15)16-9-8-10-17(22-16)21-19(13(4)5)18(24-26-21)11-12(2)3;1-3-13-11(2)17(22-20-13)15-9-6-10-16(19-15)18-12-7-4-5-8-14(12)21-23-18;4*1-9(2,3)8-4-6-10-7-5-8;;;;/h6-7,9-10,13-14H,8,11-12H2,1-5H3;7-9,13H,6,10-11H2,1-5H3;8-10,12-13H,7,11H2,1-6H3;6,9-10H,3-5,7-8H2,1-2H3;4*4-7H,1-3H3;;;;/q4*-2;;;;;4*+2. The van der Waals surface area contributed by atoms with E-state index >= 15 is 0 Å². The van der Waals surface area contributed by atoms with Crippen molar-refractivity contribution in [2.45, 2.75) is 341 Å². The first-order chi connectivity index (χ1) is 69.2. The third-order valence-corrected chi connectivity index (χ3v) is 29.2. The Kier molecular flexibility index (Phi) is 41.3. The van der Waals surface area contributed by atoms with Crippen molar-refractivity contribution >= 4 is 10.8 Å². The average Bonchev–Trinajstić information content (AvgIpc) is 1.52. The molecule has 17 aromatic rings. The zero-order valence-corrected chi connectivity index (χ0v) is 102. The van der Waals surface area contributed by atoms with Crippen LogP contribution in [0.15, 0.2) is 189 Å². The van der Waals surface area contributed by atoms with Crippen LogP contribution in [-0.2, 0) is 167 Å². The van der Waals surface area contributed by atoms with Crippen LogP contribution >= 0.6 is 0 Å². The molecule has 0 aliphatic heterocycles. The van der Waals surface area contributed by atoms with Gasteiger partial charge in [-0.3, -0.25) is 39.9 Å². The molecule has 1 fully saturated rings. The predicted molar refractivity (Wildman–Crippen MR) is 588 cm³/mol. The van der Waals surface area contributed by atoms with Crippen molar-refractivity contribution in [2.75, 3.05) is 0 Å². The van der Waals surface area contributed by atoms with Gasteiger partial charge >= 0.3 is 84.3 Å². The van der Waals surface area contributed by atoms with Gasteiger partial charge in [0.25, 0.3) is 0 Å². The summed E-state index contributed by atoms with van der Waals surface area (Å²) >= 11 is 0. The van der Waals surface area contributed by atoms with Gasteiger partial charge in [0.15, 0.2) is 0 Å². The Morgan fingerprint density at radius 3 is 1.15 bits per heavy atom. The van der Waals surface area contributed by atoms with E-state index in [9.17, 15) is 0 Å². The monoisotopic (exact) mass is 2730 g/mol. The van der Waals surface area contributed by atoms with E-state index < -0.39 is 0 Å². The molecular formula is C122H150N24Pt4. The number of fused-ring (bicyclic) bond motifs is 8. The van der Waals surface area contributed by atoms with Crippen LogP contribution in [-0.4, -0.2) is 80.7 Å². The first-order valence-electron chi connectivity index (χ1n) is 52.3. The molecule has 16 aromatic heterocycles. The number of aromatic nitrogens is 24. The van der Waals surface area contributed by atoms with E-state index in [0.717, 1.165) is 216 Å². The average molecular weight is 2730 g/mol. The number of nitrogens with zero attached hydrogens (tertiary/aromatic N) is 24. The molecule has 2 unspecified atom stereocenters. The van der Waals surface area contributed by atoms with Gasteiger partial charge in [0, 0.05) is 117 Å². The number of hydrogen-bond donors (Lipinski definition) is 0. The third kappa shape index (κ3) is 28.0. The summed E-state index contributed by atoms with van der Waals surface area (Å²) in [4.78, 5) is 35.5. The van der Waals surface area contributed by atoms with E-state index in [1.165, 1.54) is 75.9 Å². The minimum absolute atomic E-state index is 0. The van der Waals surface area contributed by atoms with E-state index in [2.05, 4.69) is 388 Å². The molecule has 24 nitrogen and oxygen atoms in total. The van der Waals surface area contributed by atoms with Crippen molar-refractivity contribution in [3.63, 3.8) is 0 Å². The van der Waals surface area contributed by atoms with Gasteiger partial charge in [0.1, 0.15) is 0 Å². The summed E-state index contributed by atoms with van der Waals surface area (Å²) in [5.74, 6) is 1.41. The minimum atomic E-state index is -0.0551. The first-order valence-corrected chi connectivity index (χ1v) is 52.3. The second kappa shape index (κ2) is 51.2. The number of benzene rings is 1. The summed E-state index contributed by atoms with van der Waals surface area (Å²) in [6.07, 6.45) is 28.5. The first kappa shape index (κ1) is 121. The van der Waals surface area contributed by atoms with Gasteiger partial charge < -0.3 is 81.6 Å². The molecule has 21 rings (SSSR count). The van der Waals surface area contributed by atoms with E-state index in [1.807, 2.05) is 110 Å². The molecular weight excluding hydrogens is 2580 g/mol. The van der Waals surface area contributed by atoms with Crippen LogP contribution in [0, 0.1) is 32.1 Å². The number of pyridine rings is 8. The molecule has 0 amide bonds. The topological polar surface area (TPSA) is 319 Å². The van der Waals surface area contributed by atoms with Crippen LogP contribution in [0.3, 0.4) is 0 Å². The van der Waals surface area contributed by atoms with E-state index in [4.69, 9.17) is 19.9 Å². The van der Waals surface area contributed by atoms with Gasteiger partial charge in [-0.15, -0.1) is 0 Å². The molecule has 2 bridgehead atoms. The van der Waals surface area contributed by atoms with E-state index in [1.54, 1.807) is 0 Å². The Morgan fingerprint density at radius 1 is 0.353 bits per heavy atom. The van der Waals surface area contributed by atoms with Crippen molar-refractivity contribution in [3.8, 4) is 91.1 Å². The van der Waals surface area contributed by atoms with Gasteiger partial charge in [0.2, 0.25) is 0 Å². The largest absolute Gasteiger partial charge is 2.00 e. The van der Waals surface area contributed by atoms with Crippen LogP contribution in [0.25, 0.3) is 102 Å². The molecule has 4 aliphatic carbocycles. The Labute approximate surface area is 947 Å². The summed E-state index contributed by atoms with van der Waals surface area (Å²) in [5.41, 5.74) is 37.8. The fraction of sp³-hybridized carbons (Fsp3) is 0.443. The Bertz CT molecular complexity index is 6980. The molecule has 150 heavy (non-hydrogen) atoms. The van der Waals surface area contributed by atoms with Crippen LogP contribution in [0.5, 0.6) is 0 Å². The quantitative estimate of drug-likeness (QED) is 0.0976. The maximum absolute atomic E-state index is 5.06. The van der Waals surface area contributed by atoms with Crippen molar-refractivity contribution < 1.29 is 84.3 Å². The Hall–Kier alpha value is -10.9. The molecule has 0 N–H and O–H groups in total. The van der Waals surface area contributed by atoms with E-state index in [-0.39, 0.29) is 128 Å². The molecule has 16 heterocycles. The van der Waals surface area contributed by atoms with E-state index in [0.29, 0.717) is 17.8 Å². The second-order valence-corrected chi connectivity index (χ2v) is 46.4. The SMILES string of the molecule is CC(C)(C)c1cc(-c2nc(-c3[n-]nc4c3CCCC4(C)C)cc3ccccc23)[n-]n1.CC(C)(C)c1ccncc1.CC(C)(C)c1ccncc1.CC(C)(C)c1ccncc1.CC(C)(C)c1ccncc1.CCc1n[n-]c(-c2cccc(-c3[n-]nc(CC(C)C)c3C(C)C)n2)c1C.CCc1n[n-]c(-c2cccc(-c3[n-]nc4c3C3CCC4(C)C3(C)C)n2)c1C.CCc1n[n-]c(-c2cccc(-c3[n-]nc4c3CCCC4)n2)c1C.[Pt+2].[Pt+2].[Pt+2].[Pt+2]. The number of hydrogen-bond acceptors (Lipinski definition) is 16. The summed E-state index contributed by atoms with van der Waals surface area (Å²) in [5, 5.41) is 73.1. The molecule has 1 saturated carbocycles. The predicted octanol–water partition coefficient (Wildman–Crippen LogP) is 26.0. The molecule has 798 valence electrons. The van der Waals surface area contributed by atoms with Gasteiger partial charge in [-0.1, -0.05) is 281 Å². The maximum Gasteiger partial charge on any atom is 2.00 e. The molecule has 0 spiro atoms. The zero-order chi connectivity index (χ0) is 105. The van der Waals surface area contributed by atoms with Gasteiger partial charge in [-0.05, 0) is 307 Å². The smallest absolute Gasteiger partial charge is 0.573 e. The van der Waals surface area contributed by atoms with Crippen LogP contribution in [0.4, 0.5) is 0 Å². The van der Waals surface area contributed by atoms with Crippen molar-refractivity contribution in [3.05, 3.63) is 296 Å². The van der Waals surface area contributed by atoms with Crippen molar-refractivity contribution in [1.29, 1.82) is 0 Å². The van der Waals surface area contributed by atoms with Crippen LogP contribution in [0.1, 0.15) is 344 Å². The van der Waals surface area contributed by atoms with Crippen molar-refractivity contribution in [2.24, 2.45) is 11.3 Å². The molecule has 0 radical (unpaired) electrons. The fourth-order valence-corrected chi connectivity index (χ4v) is 19.9. The third-order valence-electron chi connectivity index (χ3n) is 29.2. The molecule has 28 heteroatoms. The van der Waals surface area contributed by atoms with Crippen LogP contribution in [0.2, 0.25) is 0 Å². The van der Waals surface area contributed by atoms with Crippen molar-refractivity contribution in [1.82, 2.24) is 121 Å². The second-order valence-electron chi connectivity index (χ2n) is 46.4. The van der Waals surface area contributed by atoms with Gasteiger partial charge in [0.05, 0.1) is 45.6 Å². The summed E-state index contributed by atoms with van der Waals surface area (Å²) in [6.45, 7) is 65.7. The number of aryl methyl sites for hydroxylation is 4. The normalized spacial score (nSPS) is 15.0. The Balaban J connectivity index is 0.000000181. The summed E-state index contributed by atoms with van der Waals surface area (Å²) in [6, 6.07) is 47.1. The summed E-state index contributed by atoms with van der Waals surface area (Å²) in [7, 11) is 0. The fourth-order valence-electron chi connectivity index (χ4n) is 19.9. The maximum atomic E-state index is 5.06. The molecule has 0 saturated heterocycles. The van der Waals surface area contributed by atoms with Gasteiger partial charge in [-0.2, -0.15) is 0 Å². The van der Waals surface area contributed by atoms with Crippen LogP contribution < -0.4 is 40.8 Å². The number of rotatable bonds is 14. The molecule has 4 aliphatic rings. The molecule has 2 atom stereocenters. The Morgan fingerprint density at radius 2 is 0.733 bits per heavy atom. The zero-order valence-electron chi connectivity index (χ0n) is 93.3. The molecule has 1 aromatic carbocycles.